The summed E-state index contributed by atoms with van der Waals surface area (Å²) in [7, 11) is 0. The van der Waals surface area contributed by atoms with Crippen molar-refractivity contribution in [2.24, 2.45) is 10.8 Å². The number of aliphatic carboxylic acids is 1. The summed E-state index contributed by atoms with van der Waals surface area (Å²) in [6.45, 7) is 2.80. The summed E-state index contributed by atoms with van der Waals surface area (Å²) in [5.74, 6) is 4.72. The highest BCUT2D eigenvalue weighted by atomic mass is 16.4. The van der Waals surface area contributed by atoms with Crippen molar-refractivity contribution in [3.05, 3.63) is 0 Å². The van der Waals surface area contributed by atoms with E-state index in [1.807, 2.05) is 0 Å². The van der Waals surface area contributed by atoms with Gasteiger partial charge in [0.05, 0.1) is 6.54 Å². The lowest BCUT2D eigenvalue weighted by atomic mass is 10.3. The molecule has 6 nitrogen and oxygen atoms in total. The van der Waals surface area contributed by atoms with Gasteiger partial charge < -0.3 is 10.0 Å². The first-order valence-electron chi connectivity index (χ1n) is 3.67. The number of rotatable bonds is 2. The van der Waals surface area contributed by atoms with Gasteiger partial charge in [0, 0.05) is 6.54 Å². The van der Waals surface area contributed by atoms with Crippen LogP contribution in [0.5, 0.6) is 0 Å². The minimum Gasteiger partial charge on any atom is -0.480 e. The van der Waals surface area contributed by atoms with E-state index in [9.17, 15) is 4.79 Å². The van der Waals surface area contributed by atoms with Crippen molar-refractivity contribution in [2.45, 2.75) is 13.0 Å². The molecule has 12 heavy (non-hydrogen) atoms. The average Bonchev–Trinajstić information content (AvgIpc) is 2.49. The molecule has 1 rings (SSSR count). The Morgan fingerprint density at radius 3 is 3.08 bits per heavy atom. The predicted molar refractivity (Wildman–Crippen MR) is 43.4 cm³/mol. The van der Waals surface area contributed by atoms with Gasteiger partial charge in [-0.25, -0.2) is 10.6 Å². The maximum absolute atomic E-state index is 10.6. The van der Waals surface area contributed by atoms with E-state index in [0.717, 1.165) is 0 Å². The van der Waals surface area contributed by atoms with Crippen molar-refractivity contribution < 1.29 is 9.90 Å². The van der Waals surface area contributed by atoms with Crippen LogP contribution in [0.4, 0.5) is 0 Å². The van der Waals surface area contributed by atoms with Crippen molar-refractivity contribution >= 4 is 11.9 Å². The third kappa shape index (κ3) is 1.48. The monoisotopic (exact) mass is 172 g/mol. The van der Waals surface area contributed by atoms with Gasteiger partial charge in [-0.3, -0.25) is 10.4 Å². The van der Waals surface area contributed by atoms with E-state index in [4.69, 9.17) is 10.9 Å². The molecule has 0 aromatic carbocycles. The predicted octanol–water partition coefficient (Wildman–Crippen LogP) is -1.41. The van der Waals surface area contributed by atoms with Crippen molar-refractivity contribution in [3.8, 4) is 0 Å². The SMILES string of the molecule is CC(C(=O)O)N1CCN=C1NN. The number of hydrogen-bond donors (Lipinski definition) is 3. The third-order valence-corrected chi connectivity index (χ3v) is 1.83. The molecular weight excluding hydrogens is 160 g/mol. The summed E-state index contributed by atoms with van der Waals surface area (Å²) in [5, 5.41) is 8.69. The molecule has 6 heteroatoms. The topological polar surface area (TPSA) is 90.9 Å². The van der Waals surface area contributed by atoms with E-state index < -0.39 is 12.0 Å². The summed E-state index contributed by atoms with van der Waals surface area (Å²) in [6, 6.07) is -0.581. The van der Waals surface area contributed by atoms with Gasteiger partial charge in [0.2, 0.25) is 5.96 Å². The van der Waals surface area contributed by atoms with Crippen molar-refractivity contribution in [1.82, 2.24) is 10.3 Å². The van der Waals surface area contributed by atoms with E-state index >= 15 is 0 Å². The molecule has 4 N–H and O–H groups in total. The first-order chi connectivity index (χ1) is 5.66. The molecule has 1 unspecified atom stereocenters. The Hall–Kier alpha value is -1.30. The van der Waals surface area contributed by atoms with Gasteiger partial charge in [0.1, 0.15) is 6.04 Å². The Kier molecular flexibility index (Phi) is 2.49. The van der Waals surface area contributed by atoms with Crippen LogP contribution in [0, 0.1) is 0 Å². The second-order valence-corrected chi connectivity index (χ2v) is 2.56. The van der Waals surface area contributed by atoms with Gasteiger partial charge in [-0.2, -0.15) is 0 Å². The zero-order valence-corrected chi connectivity index (χ0v) is 6.82. The lowest BCUT2D eigenvalue weighted by Crippen LogP contribution is -2.49. The molecule has 1 aliphatic rings. The Balaban J connectivity index is 2.64. The smallest absolute Gasteiger partial charge is 0.326 e. The lowest BCUT2D eigenvalue weighted by Gasteiger charge is -2.23. The van der Waals surface area contributed by atoms with Crippen LogP contribution >= 0.6 is 0 Å². The van der Waals surface area contributed by atoms with E-state index in [2.05, 4.69) is 10.4 Å². The number of aliphatic imine (C=N–C) groups is 1. The Morgan fingerprint density at radius 2 is 2.58 bits per heavy atom. The van der Waals surface area contributed by atoms with Gasteiger partial charge in [0.15, 0.2) is 0 Å². The molecule has 68 valence electrons. The molecule has 0 bridgehead atoms. The van der Waals surface area contributed by atoms with Gasteiger partial charge in [-0.1, -0.05) is 0 Å². The maximum atomic E-state index is 10.6. The molecule has 0 radical (unpaired) electrons. The normalized spacial score (nSPS) is 18.8. The summed E-state index contributed by atoms with van der Waals surface area (Å²) in [4.78, 5) is 16.2. The van der Waals surface area contributed by atoms with Gasteiger partial charge >= 0.3 is 5.97 Å². The fourth-order valence-corrected chi connectivity index (χ4v) is 1.10. The average molecular weight is 172 g/mol. The van der Waals surface area contributed by atoms with E-state index in [1.165, 1.54) is 0 Å². The van der Waals surface area contributed by atoms with Crippen LogP contribution in [-0.4, -0.2) is 41.1 Å². The van der Waals surface area contributed by atoms with Gasteiger partial charge in [0.25, 0.3) is 0 Å². The summed E-state index contributed by atoms with van der Waals surface area (Å²) >= 11 is 0. The minimum absolute atomic E-state index is 0.449. The standard InChI is InChI=1S/C6H12N4O2/c1-4(5(11)12)10-3-2-8-6(10)9-7/h4H,2-3,7H2,1H3,(H,8,9)(H,11,12). The van der Waals surface area contributed by atoms with Crippen LogP contribution in [0.1, 0.15) is 6.92 Å². The fraction of sp³-hybridized carbons (Fsp3) is 0.667. The molecule has 1 aliphatic heterocycles. The third-order valence-electron chi connectivity index (χ3n) is 1.83. The molecule has 1 heterocycles. The summed E-state index contributed by atoms with van der Waals surface area (Å²) < 4.78 is 0. The number of nitrogens with zero attached hydrogens (tertiary/aromatic N) is 2. The zero-order valence-electron chi connectivity index (χ0n) is 6.82. The Bertz CT molecular complexity index is 216. The van der Waals surface area contributed by atoms with Crippen molar-refractivity contribution in [1.29, 1.82) is 0 Å². The number of nitrogens with one attached hydrogen (secondary N) is 1. The van der Waals surface area contributed by atoms with Crippen LogP contribution in [-0.2, 0) is 4.79 Å². The number of hydrogen-bond acceptors (Lipinski definition) is 5. The van der Waals surface area contributed by atoms with Gasteiger partial charge in [-0.05, 0) is 6.92 Å². The van der Waals surface area contributed by atoms with Gasteiger partial charge in [-0.15, -0.1) is 0 Å². The number of nitrogens with two attached hydrogens (primary N) is 1. The number of carbonyl (C=O) groups is 1. The lowest BCUT2D eigenvalue weighted by molar-refractivity contribution is -0.141. The maximum Gasteiger partial charge on any atom is 0.326 e. The van der Waals surface area contributed by atoms with Crippen LogP contribution in [0.25, 0.3) is 0 Å². The molecular formula is C6H12N4O2. The zero-order chi connectivity index (χ0) is 9.14. The second kappa shape index (κ2) is 3.40. The molecule has 0 amide bonds. The molecule has 0 aromatic heterocycles. The molecule has 1 atom stereocenters. The van der Waals surface area contributed by atoms with E-state index in [-0.39, 0.29) is 0 Å². The fourth-order valence-electron chi connectivity index (χ4n) is 1.10. The largest absolute Gasteiger partial charge is 0.480 e. The summed E-state index contributed by atoms with van der Waals surface area (Å²) in [5.41, 5.74) is 2.36. The number of carboxylic acids is 1. The molecule has 0 fully saturated rings. The second-order valence-electron chi connectivity index (χ2n) is 2.56. The molecule has 0 aromatic rings. The van der Waals surface area contributed by atoms with Crippen LogP contribution in [0.2, 0.25) is 0 Å². The molecule has 0 saturated carbocycles. The minimum atomic E-state index is -0.875. The van der Waals surface area contributed by atoms with E-state index in [1.54, 1.807) is 11.8 Å². The van der Waals surface area contributed by atoms with E-state index in [0.29, 0.717) is 19.0 Å². The molecule has 0 saturated heterocycles. The van der Waals surface area contributed by atoms with Crippen molar-refractivity contribution in [2.75, 3.05) is 13.1 Å². The Morgan fingerprint density at radius 1 is 1.92 bits per heavy atom. The summed E-state index contributed by atoms with van der Waals surface area (Å²) in [6.07, 6.45) is 0. The van der Waals surface area contributed by atoms with Crippen molar-refractivity contribution in [3.63, 3.8) is 0 Å². The number of hydrazine groups is 1. The van der Waals surface area contributed by atoms with Crippen LogP contribution in [0.15, 0.2) is 4.99 Å². The molecule has 0 aliphatic carbocycles. The number of carboxylic acid groups (broad SMARTS) is 1. The highest BCUT2D eigenvalue weighted by Crippen LogP contribution is 2.04. The first-order valence-corrected chi connectivity index (χ1v) is 3.67. The first kappa shape index (κ1) is 8.79. The quantitative estimate of drug-likeness (QED) is 0.352. The highest BCUT2D eigenvalue weighted by molar-refractivity contribution is 5.86. The number of guanidine groups is 1. The Labute approximate surface area is 70.0 Å². The van der Waals surface area contributed by atoms with Crippen LogP contribution in [0.3, 0.4) is 0 Å². The highest BCUT2D eigenvalue weighted by Gasteiger charge is 2.26. The molecule has 0 spiro atoms. The van der Waals surface area contributed by atoms with Crippen LogP contribution < -0.4 is 11.3 Å².